The molecule has 1 rings (SSSR count). The van der Waals surface area contributed by atoms with Crippen LogP contribution in [0.2, 0.25) is 0 Å². The first-order valence-corrected chi connectivity index (χ1v) is 8.26. The van der Waals surface area contributed by atoms with Crippen LogP contribution >= 0.6 is 0 Å². The molecule has 21 heavy (non-hydrogen) atoms. The predicted octanol–water partition coefficient (Wildman–Crippen LogP) is 3.71. The lowest BCUT2D eigenvalue weighted by molar-refractivity contribution is 0.223. The van der Waals surface area contributed by atoms with E-state index in [2.05, 4.69) is 55.3 Å². The Morgan fingerprint density at radius 3 is 2.24 bits per heavy atom. The molecule has 0 fully saturated rings. The van der Waals surface area contributed by atoms with Crippen LogP contribution in [0.5, 0.6) is 5.75 Å². The van der Waals surface area contributed by atoms with Gasteiger partial charge in [-0.25, -0.2) is 0 Å². The van der Waals surface area contributed by atoms with Gasteiger partial charge < -0.3 is 15.0 Å². The Kier molecular flexibility index (Phi) is 8.40. The van der Waals surface area contributed by atoms with Crippen LogP contribution in [0, 0.1) is 5.92 Å². The Balaban J connectivity index is 2.67. The summed E-state index contributed by atoms with van der Waals surface area (Å²) in [6, 6.07) is 8.83. The minimum atomic E-state index is 0.365. The molecule has 120 valence electrons. The van der Waals surface area contributed by atoms with Gasteiger partial charge in [0.05, 0.1) is 6.61 Å². The van der Waals surface area contributed by atoms with Crippen LogP contribution in [0.25, 0.3) is 0 Å². The van der Waals surface area contributed by atoms with Crippen molar-refractivity contribution in [2.45, 2.75) is 40.2 Å². The molecule has 0 heterocycles. The molecule has 3 nitrogen and oxygen atoms in total. The zero-order valence-corrected chi connectivity index (χ0v) is 14.4. The number of nitrogens with one attached hydrogen (secondary N) is 1. The van der Waals surface area contributed by atoms with Gasteiger partial charge in [0.1, 0.15) is 5.75 Å². The Morgan fingerprint density at radius 1 is 1.10 bits per heavy atom. The number of rotatable bonds is 10. The van der Waals surface area contributed by atoms with Crippen molar-refractivity contribution in [3.05, 3.63) is 29.8 Å². The summed E-state index contributed by atoms with van der Waals surface area (Å²) in [4.78, 5) is 2.53. The number of nitrogens with zero attached hydrogens (tertiary/aromatic N) is 1. The Morgan fingerprint density at radius 2 is 1.76 bits per heavy atom. The van der Waals surface area contributed by atoms with Gasteiger partial charge in [-0.2, -0.15) is 0 Å². The van der Waals surface area contributed by atoms with E-state index in [1.165, 1.54) is 18.5 Å². The van der Waals surface area contributed by atoms with E-state index in [-0.39, 0.29) is 0 Å². The second-order valence-corrected chi connectivity index (χ2v) is 5.71. The molecule has 0 saturated carbocycles. The molecule has 0 saturated heterocycles. The van der Waals surface area contributed by atoms with Gasteiger partial charge in [-0.1, -0.05) is 39.3 Å². The third kappa shape index (κ3) is 6.06. The molecule has 0 radical (unpaired) electrons. The third-order valence-electron chi connectivity index (χ3n) is 4.10. The van der Waals surface area contributed by atoms with E-state index in [0.29, 0.717) is 12.6 Å². The van der Waals surface area contributed by atoms with E-state index in [4.69, 9.17) is 4.74 Å². The summed E-state index contributed by atoms with van der Waals surface area (Å²) in [5.74, 6) is 1.70. The van der Waals surface area contributed by atoms with E-state index in [1.807, 2.05) is 14.0 Å². The zero-order chi connectivity index (χ0) is 15.7. The number of hydrogen-bond acceptors (Lipinski definition) is 3. The Labute approximate surface area is 130 Å². The van der Waals surface area contributed by atoms with Crippen molar-refractivity contribution in [1.29, 1.82) is 0 Å². The monoisotopic (exact) mass is 292 g/mol. The smallest absolute Gasteiger partial charge is 0.119 e. The van der Waals surface area contributed by atoms with Gasteiger partial charge in [-0.15, -0.1) is 0 Å². The van der Waals surface area contributed by atoms with E-state index in [0.717, 1.165) is 24.8 Å². The predicted molar refractivity (Wildman–Crippen MR) is 91.0 cm³/mol. The van der Waals surface area contributed by atoms with Crippen LogP contribution < -0.4 is 10.1 Å². The first-order chi connectivity index (χ1) is 10.1. The second kappa shape index (κ2) is 9.80. The molecule has 0 spiro atoms. The van der Waals surface area contributed by atoms with Crippen LogP contribution in [0.1, 0.15) is 45.7 Å². The van der Waals surface area contributed by atoms with Crippen molar-refractivity contribution in [2.24, 2.45) is 5.92 Å². The van der Waals surface area contributed by atoms with Gasteiger partial charge >= 0.3 is 0 Å². The molecular formula is C18H32N2O. The van der Waals surface area contributed by atoms with Gasteiger partial charge in [0.25, 0.3) is 0 Å². The molecule has 0 aliphatic carbocycles. The molecule has 0 aliphatic rings. The van der Waals surface area contributed by atoms with Gasteiger partial charge in [-0.05, 0) is 44.1 Å². The summed E-state index contributed by atoms with van der Waals surface area (Å²) in [7, 11) is 2.04. The second-order valence-electron chi connectivity index (χ2n) is 5.71. The summed E-state index contributed by atoms with van der Waals surface area (Å²) in [6.07, 6.45) is 1.24. The minimum absolute atomic E-state index is 0.365. The van der Waals surface area contributed by atoms with Crippen molar-refractivity contribution >= 4 is 0 Å². The highest BCUT2D eigenvalue weighted by atomic mass is 16.5. The average molecular weight is 292 g/mol. The molecule has 0 bridgehead atoms. The van der Waals surface area contributed by atoms with Crippen molar-refractivity contribution in [2.75, 3.05) is 33.3 Å². The highest BCUT2D eigenvalue weighted by molar-refractivity contribution is 5.29. The number of likely N-dealkylation sites (N-methyl/N-ethyl adjacent to an activating group) is 2. The van der Waals surface area contributed by atoms with Crippen molar-refractivity contribution in [1.82, 2.24) is 10.2 Å². The molecule has 1 aromatic rings. The number of hydrogen-bond donors (Lipinski definition) is 1. The first kappa shape index (κ1) is 18.0. The van der Waals surface area contributed by atoms with Crippen LogP contribution in [-0.2, 0) is 0 Å². The standard InChI is InChI=1S/C18H32N2O/c1-6-15(4)13-20(7-2)14-18(19-5)16-9-11-17(12-10-16)21-8-3/h9-12,15,18-19H,6-8,13-14H2,1-5H3. The molecule has 3 heteroatoms. The fourth-order valence-corrected chi connectivity index (χ4v) is 2.49. The third-order valence-corrected chi connectivity index (χ3v) is 4.10. The van der Waals surface area contributed by atoms with Crippen LogP contribution in [0.4, 0.5) is 0 Å². The fourth-order valence-electron chi connectivity index (χ4n) is 2.49. The highest BCUT2D eigenvalue weighted by Gasteiger charge is 2.15. The lowest BCUT2D eigenvalue weighted by Crippen LogP contribution is -2.36. The molecule has 2 unspecified atom stereocenters. The average Bonchev–Trinajstić information content (AvgIpc) is 2.52. The van der Waals surface area contributed by atoms with Gasteiger partial charge in [0, 0.05) is 19.1 Å². The summed E-state index contributed by atoms with van der Waals surface area (Å²) in [5.41, 5.74) is 1.32. The molecule has 1 N–H and O–H groups in total. The molecule has 0 amide bonds. The van der Waals surface area contributed by atoms with E-state index >= 15 is 0 Å². The lowest BCUT2D eigenvalue weighted by atomic mass is 10.0. The first-order valence-electron chi connectivity index (χ1n) is 8.26. The fraction of sp³-hybridized carbons (Fsp3) is 0.667. The topological polar surface area (TPSA) is 24.5 Å². The summed E-state index contributed by atoms with van der Waals surface area (Å²) < 4.78 is 5.51. The minimum Gasteiger partial charge on any atom is -0.494 e. The van der Waals surface area contributed by atoms with Gasteiger partial charge in [0.15, 0.2) is 0 Å². The van der Waals surface area contributed by atoms with Crippen LogP contribution in [0.15, 0.2) is 24.3 Å². The van der Waals surface area contributed by atoms with Crippen LogP contribution in [0.3, 0.4) is 0 Å². The molecule has 0 aromatic heterocycles. The highest BCUT2D eigenvalue weighted by Crippen LogP contribution is 2.19. The maximum atomic E-state index is 5.51. The normalized spacial score (nSPS) is 14.2. The lowest BCUT2D eigenvalue weighted by Gasteiger charge is -2.28. The summed E-state index contributed by atoms with van der Waals surface area (Å²) in [6.45, 7) is 12.9. The summed E-state index contributed by atoms with van der Waals surface area (Å²) in [5, 5.41) is 3.44. The molecule has 2 atom stereocenters. The number of benzene rings is 1. The zero-order valence-electron chi connectivity index (χ0n) is 14.4. The summed E-state index contributed by atoms with van der Waals surface area (Å²) >= 11 is 0. The van der Waals surface area contributed by atoms with E-state index in [1.54, 1.807) is 0 Å². The molecular weight excluding hydrogens is 260 g/mol. The van der Waals surface area contributed by atoms with Gasteiger partial charge in [-0.3, -0.25) is 0 Å². The number of ether oxygens (including phenoxy) is 1. The molecule has 0 aliphatic heterocycles. The quantitative estimate of drug-likeness (QED) is 0.711. The van der Waals surface area contributed by atoms with Crippen molar-refractivity contribution in [3.8, 4) is 5.75 Å². The Bertz CT molecular complexity index is 377. The van der Waals surface area contributed by atoms with E-state index in [9.17, 15) is 0 Å². The maximum Gasteiger partial charge on any atom is 0.119 e. The van der Waals surface area contributed by atoms with Gasteiger partial charge in [0.2, 0.25) is 0 Å². The SMILES string of the molecule is CCOc1ccc(C(CN(CC)CC(C)CC)NC)cc1. The van der Waals surface area contributed by atoms with E-state index < -0.39 is 0 Å². The maximum absolute atomic E-state index is 5.51. The molecule has 1 aromatic carbocycles. The van der Waals surface area contributed by atoms with Crippen molar-refractivity contribution < 1.29 is 4.74 Å². The van der Waals surface area contributed by atoms with Crippen molar-refractivity contribution in [3.63, 3.8) is 0 Å². The largest absolute Gasteiger partial charge is 0.494 e. The Hall–Kier alpha value is -1.06. The van der Waals surface area contributed by atoms with Crippen LogP contribution in [-0.4, -0.2) is 38.2 Å².